The van der Waals surface area contributed by atoms with E-state index in [0.717, 1.165) is 6.54 Å². The van der Waals surface area contributed by atoms with Gasteiger partial charge in [-0.1, -0.05) is 0 Å². The quantitative estimate of drug-likeness (QED) is 0.779. The van der Waals surface area contributed by atoms with E-state index < -0.39 is 5.54 Å². The molecule has 1 aromatic rings. The van der Waals surface area contributed by atoms with E-state index in [1.165, 1.54) is 0 Å². The van der Waals surface area contributed by atoms with Gasteiger partial charge in [0.05, 0.1) is 12.1 Å². The molecule has 4 heteroatoms. The van der Waals surface area contributed by atoms with Gasteiger partial charge in [0.15, 0.2) is 0 Å². The smallest absolute Gasteiger partial charge is 0.268 e. The highest BCUT2D eigenvalue weighted by atomic mass is 16.3. The maximum absolute atomic E-state index is 11.8. The molecule has 0 aliphatic heterocycles. The van der Waals surface area contributed by atoms with Crippen LogP contribution in [0.2, 0.25) is 0 Å². The standard InChI is InChI=1S/C11H18N2O2/c1-4-13-7-5-6-9(13)10(15)12-11(2,3)8-14/h5-7,14H,4,8H2,1-3H3,(H,12,15). The van der Waals surface area contributed by atoms with E-state index in [0.29, 0.717) is 5.69 Å². The number of amides is 1. The second-order valence-electron chi connectivity index (χ2n) is 4.18. The fraction of sp³-hybridized carbons (Fsp3) is 0.545. The lowest BCUT2D eigenvalue weighted by atomic mass is 10.1. The zero-order chi connectivity index (χ0) is 11.5. The average Bonchev–Trinajstić information content (AvgIpc) is 2.64. The Bertz CT molecular complexity index is 342. The lowest BCUT2D eigenvalue weighted by Gasteiger charge is -2.23. The second kappa shape index (κ2) is 4.49. The third-order valence-electron chi connectivity index (χ3n) is 2.25. The van der Waals surface area contributed by atoms with Gasteiger partial charge < -0.3 is 15.0 Å². The van der Waals surface area contributed by atoms with E-state index in [1.807, 2.05) is 23.8 Å². The minimum Gasteiger partial charge on any atom is -0.394 e. The van der Waals surface area contributed by atoms with E-state index in [2.05, 4.69) is 5.32 Å². The van der Waals surface area contributed by atoms with Crippen molar-refractivity contribution in [1.82, 2.24) is 9.88 Å². The van der Waals surface area contributed by atoms with Crippen LogP contribution in [0.5, 0.6) is 0 Å². The molecule has 1 aromatic heterocycles. The van der Waals surface area contributed by atoms with Gasteiger partial charge in [-0.15, -0.1) is 0 Å². The number of aromatic nitrogens is 1. The zero-order valence-corrected chi connectivity index (χ0v) is 9.45. The molecule has 0 unspecified atom stereocenters. The molecule has 4 nitrogen and oxygen atoms in total. The van der Waals surface area contributed by atoms with Gasteiger partial charge in [-0.2, -0.15) is 0 Å². The van der Waals surface area contributed by atoms with E-state index in [9.17, 15) is 4.79 Å². The molecule has 0 aliphatic carbocycles. The number of carbonyl (C=O) groups is 1. The summed E-state index contributed by atoms with van der Waals surface area (Å²) in [5, 5.41) is 11.8. The average molecular weight is 210 g/mol. The molecule has 0 fully saturated rings. The summed E-state index contributed by atoms with van der Waals surface area (Å²) < 4.78 is 1.86. The summed E-state index contributed by atoms with van der Waals surface area (Å²) in [6.45, 7) is 6.23. The van der Waals surface area contributed by atoms with Crippen LogP contribution in [0.4, 0.5) is 0 Å². The van der Waals surface area contributed by atoms with Crippen molar-refractivity contribution >= 4 is 5.91 Å². The highest BCUT2D eigenvalue weighted by Crippen LogP contribution is 2.06. The molecule has 0 saturated carbocycles. The van der Waals surface area contributed by atoms with Crippen LogP contribution in [0.15, 0.2) is 18.3 Å². The predicted octanol–water partition coefficient (Wildman–Crippen LogP) is 1.01. The first-order valence-corrected chi connectivity index (χ1v) is 5.08. The van der Waals surface area contributed by atoms with Crippen LogP contribution in [0.1, 0.15) is 31.3 Å². The maximum Gasteiger partial charge on any atom is 0.268 e. The van der Waals surface area contributed by atoms with Crippen molar-refractivity contribution in [3.8, 4) is 0 Å². The summed E-state index contributed by atoms with van der Waals surface area (Å²) in [5.74, 6) is -0.152. The summed E-state index contributed by atoms with van der Waals surface area (Å²) in [7, 11) is 0. The van der Waals surface area contributed by atoms with Crippen molar-refractivity contribution in [2.75, 3.05) is 6.61 Å². The number of nitrogens with zero attached hydrogens (tertiary/aromatic N) is 1. The summed E-state index contributed by atoms with van der Waals surface area (Å²) >= 11 is 0. The van der Waals surface area contributed by atoms with Gasteiger partial charge in [0.2, 0.25) is 0 Å². The van der Waals surface area contributed by atoms with Gasteiger partial charge in [0.1, 0.15) is 5.69 Å². The van der Waals surface area contributed by atoms with Gasteiger partial charge in [-0.05, 0) is 32.9 Å². The highest BCUT2D eigenvalue weighted by Gasteiger charge is 2.21. The van der Waals surface area contributed by atoms with E-state index in [-0.39, 0.29) is 12.5 Å². The molecule has 2 N–H and O–H groups in total. The highest BCUT2D eigenvalue weighted by molar-refractivity contribution is 5.93. The normalized spacial score (nSPS) is 11.5. The molecule has 0 saturated heterocycles. The molecule has 15 heavy (non-hydrogen) atoms. The van der Waals surface area contributed by atoms with Crippen molar-refractivity contribution < 1.29 is 9.90 Å². The second-order valence-corrected chi connectivity index (χ2v) is 4.18. The lowest BCUT2D eigenvalue weighted by molar-refractivity contribution is 0.0860. The Morgan fingerprint density at radius 3 is 2.80 bits per heavy atom. The number of hydrogen-bond acceptors (Lipinski definition) is 2. The minimum absolute atomic E-state index is 0.0778. The molecule has 84 valence electrons. The first-order chi connectivity index (χ1) is 7.00. The topological polar surface area (TPSA) is 54.3 Å². The Morgan fingerprint density at radius 2 is 2.27 bits per heavy atom. The fourth-order valence-electron chi connectivity index (χ4n) is 1.31. The SMILES string of the molecule is CCn1cccc1C(=O)NC(C)(C)CO. The van der Waals surface area contributed by atoms with E-state index >= 15 is 0 Å². The van der Waals surface area contributed by atoms with Crippen LogP contribution in [0.3, 0.4) is 0 Å². The summed E-state index contributed by atoms with van der Waals surface area (Å²) in [6.07, 6.45) is 1.86. The van der Waals surface area contributed by atoms with Gasteiger partial charge in [-0.3, -0.25) is 4.79 Å². The summed E-state index contributed by atoms with van der Waals surface area (Å²) in [4.78, 5) is 11.8. The van der Waals surface area contributed by atoms with Crippen molar-refractivity contribution in [2.24, 2.45) is 0 Å². The first kappa shape index (κ1) is 11.8. The van der Waals surface area contributed by atoms with Crippen molar-refractivity contribution in [2.45, 2.75) is 32.9 Å². The molecule has 0 spiro atoms. The Labute approximate surface area is 89.9 Å². The van der Waals surface area contributed by atoms with Gasteiger partial charge in [-0.25, -0.2) is 0 Å². The number of carbonyl (C=O) groups excluding carboxylic acids is 1. The van der Waals surface area contributed by atoms with Gasteiger partial charge >= 0.3 is 0 Å². The predicted molar refractivity (Wildman–Crippen MR) is 58.7 cm³/mol. The Hall–Kier alpha value is -1.29. The third-order valence-corrected chi connectivity index (χ3v) is 2.25. The molecule has 1 rings (SSSR count). The molecule has 1 heterocycles. The molecule has 0 aliphatic rings. The Balaban J connectivity index is 2.78. The zero-order valence-electron chi connectivity index (χ0n) is 9.45. The van der Waals surface area contributed by atoms with Gasteiger partial charge in [0, 0.05) is 12.7 Å². The summed E-state index contributed by atoms with van der Waals surface area (Å²) in [6, 6.07) is 3.61. The number of rotatable bonds is 4. The molecule has 1 amide bonds. The molecule has 0 radical (unpaired) electrons. The monoisotopic (exact) mass is 210 g/mol. The largest absolute Gasteiger partial charge is 0.394 e. The lowest BCUT2D eigenvalue weighted by Crippen LogP contribution is -2.46. The van der Waals surface area contributed by atoms with Gasteiger partial charge in [0.25, 0.3) is 5.91 Å². The minimum atomic E-state index is -0.583. The van der Waals surface area contributed by atoms with Crippen LogP contribution >= 0.6 is 0 Å². The molecule has 0 atom stereocenters. The number of hydrogen-bond donors (Lipinski definition) is 2. The number of aryl methyl sites for hydroxylation is 1. The van der Waals surface area contributed by atoms with Crippen LogP contribution < -0.4 is 5.32 Å². The molecule has 0 aromatic carbocycles. The number of aliphatic hydroxyl groups is 1. The Morgan fingerprint density at radius 1 is 1.60 bits per heavy atom. The van der Waals surface area contributed by atoms with E-state index in [4.69, 9.17) is 5.11 Å². The van der Waals surface area contributed by atoms with Crippen LogP contribution in [0.25, 0.3) is 0 Å². The maximum atomic E-state index is 11.8. The van der Waals surface area contributed by atoms with E-state index in [1.54, 1.807) is 19.9 Å². The molecule has 0 bridgehead atoms. The number of nitrogens with one attached hydrogen (secondary N) is 1. The molecular formula is C11H18N2O2. The molecular weight excluding hydrogens is 192 g/mol. The van der Waals surface area contributed by atoms with Crippen LogP contribution in [-0.4, -0.2) is 27.7 Å². The Kier molecular flexibility index (Phi) is 3.52. The third kappa shape index (κ3) is 2.83. The first-order valence-electron chi connectivity index (χ1n) is 5.08. The van der Waals surface area contributed by atoms with Crippen LogP contribution in [0, 0.1) is 0 Å². The van der Waals surface area contributed by atoms with Crippen LogP contribution in [-0.2, 0) is 6.54 Å². The fourth-order valence-corrected chi connectivity index (χ4v) is 1.31. The van der Waals surface area contributed by atoms with Crippen molar-refractivity contribution in [1.29, 1.82) is 0 Å². The summed E-state index contributed by atoms with van der Waals surface area (Å²) in [5.41, 5.74) is 0.0407. The van der Waals surface area contributed by atoms with Crippen molar-refractivity contribution in [3.05, 3.63) is 24.0 Å². The number of aliphatic hydroxyl groups excluding tert-OH is 1. The van der Waals surface area contributed by atoms with Crippen molar-refractivity contribution in [3.63, 3.8) is 0 Å².